The van der Waals surface area contributed by atoms with Crippen molar-refractivity contribution >= 4 is 27.3 Å². The Morgan fingerprint density at radius 3 is 2.11 bits per heavy atom. The number of hydrogen-bond acceptors (Lipinski definition) is 2. The second kappa shape index (κ2) is 5.15. The summed E-state index contributed by atoms with van der Waals surface area (Å²) in [6, 6.07) is 10.6. The molecule has 0 aliphatic rings. The Morgan fingerprint density at radius 1 is 1.06 bits per heavy atom. The van der Waals surface area contributed by atoms with Gasteiger partial charge in [0.25, 0.3) is 0 Å². The SMILES string of the molecule is N#Cc1ccc(Nc2c(F)cc(Br)cc2F)cc1. The van der Waals surface area contributed by atoms with Crippen LogP contribution in [0.3, 0.4) is 0 Å². The molecule has 0 aromatic heterocycles. The third-order valence-corrected chi connectivity index (χ3v) is 2.75. The Hall–Kier alpha value is -1.93. The van der Waals surface area contributed by atoms with Gasteiger partial charge in [-0.1, -0.05) is 15.9 Å². The summed E-state index contributed by atoms with van der Waals surface area (Å²) in [6.07, 6.45) is 0. The van der Waals surface area contributed by atoms with E-state index in [9.17, 15) is 8.78 Å². The van der Waals surface area contributed by atoms with E-state index < -0.39 is 11.6 Å². The van der Waals surface area contributed by atoms with Gasteiger partial charge in [-0.25, -0.2) is 8.78 Å². The second-order valence-corrected chi connectivity index (χ2v) is 4.47. The minimum atomic E-state index is -0.689. The number of hydrogen-bond donors (Lipinski definition) is 1. The van der Waals surface area contributed by atoms with Crippen LogP contribution in [-0.2, 0) is 0 Å². The summed E-state index contributed by atoms with van der Waals surface area (Å²) in [5.74, 6) is -1.38. The molecule has 0 unspecified atom stereocenters. The van der Waals surface area contributed by atoms with Gasteiger partial charge in [0.2, 0.25) is 0 Å². The lowest BCUT2D eigenvalue weighted by molar-refractivity contribution is 0.589. The summed E-state index contributed by atoms with van der Waals surface area (Å²) in [7, 11) is 0. The highest BCUT2D eigenvalue weighted by molar-refractivity contribution is 9.10. The lowest BCUT2D eigenvalue weighted by Crippen LogP contribution is -1.97. The highest BCUT2D eigenvalue weighted by atomic mass is 79.9. The van der Waals surface area contributed by atoms with Crippen LogP contribution in [0.15, 0.2) is 40.9 Å². The highest BCUT2D eigenvalue weighted by Gasteiger charge is 2.10. The zero-order valence-electron chi connectivity index (χ0n) is 9.05. The fraction of sp³-hybridized carbons (Fsp3) is 0. The molecule has 0 spiro atoms. The molecule has 2 aromatic carbocycles. The first-order chi connectivity index (χ1) is 8.60. The molecule has 5 heteroatoms. The lowest BCUT2D eigenvalue weighted by atomic mass is 10.2. The zero-order valence-corrected chi connectivity index (χ0v) is 10.6. The van der Waals surface area contributed by atoms with E-state index in [0.717, 1.165) is 0 Å². The molecule has 2 nitrogen and oxygen atoms in total. The molecule has 0 fully saturated rings. The average Bonchev–Trinajstić information content (AvgIpc) is 2.34. The molecule has 0 bridgehead atoms. The number of nitrogens with zero attached hydrogens (tertiary/aromatic N) is 1. The van der Waals surface area contributed by atoms with Crippen LogP contribution in [0.4, 0.5) is 20.2 Å². The summed E-state index contributed by atoms with van der Waals surface area (Å²) in [6.45, 7) is 0. The standard InChI is InChI=1S/C13H7BrF2N2/c14-9-5-11(15)13(12(16)6-9)18-10-3-1-8(7-17)2-4-10/h1-6,18H. The smallest absolute Gasteiger partial charge is 0.150 e. The Morgan fingerprint density at radius 2 is 1.61 bits per heavy atom. The molecule has 90 valence electrons. The van der Waals surface area contributed by atoms with Crippen LogP contribution < -0.4 is 5.32 Å². The number of rotatable bonds is 2. The van der Waals surface area contributed by atoms with Gasteiger partial charge in [0.05, 0.1) is 11.6 Å². The van der Waals surface area contributed by atoms with Gasteiger partial charge in [0, 0.05) is 10.2 Å². The quantitative estimate of drug-likeness (QED) is 0.895. The fourth-order valence-corrected chi connectivity index (χ4v) is 1.84. The van der Waals surface area contributed by atoms with Crippen LogP contribution in [0.25, 0.3) is 0 Å². The van der Waals surface area contributed by atoms with Gasteiger partial charge in [-0.3, -0.25) is 0 Å². The van der Waals surface area contributed by atoms with Gasteiger partial charge in [-0.2, -0.15) is 5.26 Å². The molecule has 18 heavy (non-hydrogen) atoms. The van der Waals surface area contributed by atoms with Crippen molar-refractivity contribution in [3.8, 4) is 6.07 Å². The van der Waals surface area contributed by atoms with E-state index in [4.69, 9.17) is 5.26 Å². The molecule has 0 amide bonds. The van der Waals surface area contributed by atoms with Crippen LogP contribution in [0.2, 0.25) is 0 Å². The van der Waals surface area contributed by atoms with E-state index in [1.54, 1.807) is 24.3 Å². The van der Waals surface area contributed by atoms with Crippen molar-refractivity contribution in [3.63, 3.8) is 0 Å². The van der Waals surface area contributed by atoms with Crippen molar-refractivity contribution < 1.29 is 8.78 Å². The molecule has 0 radical (unpaired) electrons. The maximum absolute atomic E-state index is 13.6. The van der Waals surface area contributed by atoms with Crippen LogP contribution in [0, 0.1) is 23.0 Å². The maximum Gasteiger partial charge on any atom is 0.150 e. The van der Waals surface area contributed by atoms with Crippen molar-refractivity contribution in [2.75, 3.05) is 5.32 Å². The predicted octanol–water partition coefficient (Wildman–Crippen LogP) is 4.34. The third-order valence-electron chi connectivity index (χ3n) is 2.29. The first-order valence-electron chi connectivity index (χ1n) is 5.02. The summed E-state index contributed by atoms with van der Waals surface area (Å²) in [5.41, 5.74) is 0.773. The lowest BCUT2D eigenvalue weighted by Gasteiger charge is -2.09. The summed E-state index contributed by atoms with van der Waals surface area (Å²) in [5, 5.41) is 11.3. The van der Waals surface area contributed by atoms with Gasteiger partial charge < -0.3 is 5.32 Å². The molecule has 0 saturated carbocycles. The van der Waals surface area contributed by atoms with Crippen LogP contribution >= 0.6 is 15.9 Å². The third kappa shape index (κ3) is 2.66. The van der Waals surface area contributed by atoms with Gasteiger partial charge in [-0.15, -0.1) is 0 Å². The van der Waals surface area contributed by atoms with Gasteiger partial charge in [0.1, 0.15) is 5.69 Å². The van der Waals surface area contributed by atoms with E-state index in [0.29, 0.717) is 15.7 Å². The Kier molecular flexibility index (Phi) is 3.58. The van der Waals surface area contributed by atoms with Crippen molar-refractivity contribution in [1.29, 1.82) is 5.26 Å². The molecule has 0 atom stereocenters. The van der Waals surface area contributed by atoms with Crippen molar-refractivity contribution in [2.24, 2.45) is 0 Å². The molecular formula is C13H7BrF2N2. The van der Waals surface area contributed by atoms with E-state index in [1.165, 1.54) is 12.1 Å². The Balaban J connectivity index is 2.31. The van der Waals surface area contributed by atoms with Crippen LogP contribution in [-0.4, -0.2) is 0 Å². The number of benzene rings is 2. The molecule has 0 saturated heterocycles. The van der Waals surface area contributed by atoms with Crippen molar-refractivity contribution in [3.05, 3.63) is 58.1 Å². The summed E-state index contributed by atoms with van der Waals surface area (Å²) < 4.78 is 27.5. The molecule has 2 aromatic rings. The topological polar surface area (TPSA) is 35.8 Å². The van der Waals surface area contributed by atoms with E-state index >= 15 is 0 Å². The van der Waals surface area contributed by atoms with Crippen LogP contribution in [0.1, 0.15) is 5.56 Å². The maximum atomic E-state index is 13.6. The summed E-state index contributed by atoms with van der Waals surface area (Å²) >= 11 is 3.01. The normalized spacial score (nSPS) is 9.89. The minimum absolute atomic E-state index is 0.220. The number of anilines is 2. The second-order valence-electron chi connectivity index (χ2n) is 3.56. The Bertz CT molecular complexity index is 595. The molecule has 0 aliphatic heterocycles. The Labute approximate surface area is 111 Å². The molecular weight excluding hydrogens is 302 g/mol. The van der Waals surface area contributed by atoms with Crippen LogP contribution in [0.5, 0.6) is 0 Å². The number of nitrogens with one attached hydrogen (secondary N) is 1. The monoisotopic (exact) mass is 308 g/mol. The van der Waals surface area contributed by atoms with Crippen molar-refractivity contribution in [1.82, 2.24) is 0 Å². The van der Waals surface area contributed by atoms with E-state index in [1.807, 2.05) is 6.07 Å². The van der Waals surface area contributed by atoms with Gasteiger partial charge in [-0.05, 0) is 36.4 Å². The molecule has 0 heterocycles. The summed E-state index contributed by atoms with van der Waals surface area (Å²) in [4.78, 5) is 0. The minimum Gasteiger partial charge on any atom is -0.351 e. The molecule has 0 aliphatic carbocycles. The van der Waals surface area contributed by atoms with Crippen molar-refractivity contribution in [2.45, 2.75) is 0 Å². The van der Waals surface area contributed by atoms with Gasteiger partial charge in [0.15, 0.2) is 11.6 Å². The van der Waals surface area contributed by atoms with Gasteiger partial charge >= 0.3 is 0 Å². The predicted molar refractivity (Wildman–Crippen MR) is 68.5 cm³/mol. The fourth-order valence-electron chi connectivity index (χ4n) is 1.43. The largest absolute Gasteiger partial charge is 0.351 e. The molecule has 2 rings (SSSR count). The number of halogens is 3. The molecule has 1 N–H and O–H groups in total. The first-order valence-corrected chi connectivity index (χ1v) is 5.81. The van der Waals surface area contributed by atoms with E-state index in [2.05, 4.69) is 21.2 Å². The zero-order chi connectivity index (χ0) is 13.1. The first kappa shape index (κ1) is 12.5. The van der Waals surface area contributed by atoms with E-state index in [-0.39, 0.29) is 5.69 Å². The number of nitriles is 1. The highest BCUT2D eigenvalue weighted by Crippen LogP contribution is 2.26. The average molecular weight is 309 g/mol.